The fourth-order valence-corrected chi connectivity index (χ4v) is 2.11. The van der Waals surface area contributed by atoms with Crippen LogP contribution in [0.5, 0.6) is 0 Å². The molecular formula is C15H18BrNO4. The van der Waals surface area contributed by atoms with Gasteiger partial charge in [-0.05, 0) is 54.4 Å². The monoisotopic (exact) mass is 355 g/mol. The highest BCUT2D eigenvalue weighted by atomic mass is 79.9. The Kier molecular flexibility index (Phi) is 6.94. The van der Waals surface area contributed by atoms with Crippen LogP contribution in [0.2, 0.25) is 0 Å². The summed E-state index contributed by atoms with van der Waals surface area (Å²) in [5.41, 5.74) is 1.64. The van der Waals surface area contributed by atoms with Crippen LogP contribution in [0.25, 0.3) is 0 Å². The van der Waals surface area contributed by atoms with E-state index < -0.39 is 11.9 Å². The van der Waals surface area contributed by atoms with Crippen molar-refractivity contribution in [1.82, 2.24) is 0 Å². The molecule has 21 heavy (non-hydrogen) atoms. The zero-order valence-electron chi connectivity index (χ0n) is 12.2. The minimum Gasteiger partial charge on any atom is -0.462 e. The van der Waals surface area contributed by atoms with Gasteiger partial charge in [0.25, 0.3) is 0 Å². The Labute approximate surface area is 132 Å². The van der Waals surface area contributed by atoms with Crippen LogP contribution >= 0.6 is 15.9 Å². The number of anilines is 1. The summed E-state index contributed by atoms with van der Waals surface area (Å²) in [5.74, 6) is -1.43. The molecule has 0 unspecified atom stereocenters. The predicted octanol–water partition coefficient (Wildman–Crippen LogP) is 3.18. The summed E-state index contributed by atoms with van der Waals surface area (Å²) in [5, 5.41) is 2.91. The van der Waals surface area contributed by atoms with E-state index >= 15 is 0 Å². The number of esters is 2. The Balaban J connectivity index is 2.96. The van der Waals surface area contributed by atoms with Crippen LogP contribution in [-0.2, 0) is 19.1 Å². The van der Waals surface area contributed by atoms with Gasteiger partial charge in [0, 0.05) is 10.7 Å². The lowest BCUT2D eigenvalue weighted by Crippen LogP contribution is -2.19. The Bertz CT molecular complexity index is 535. The molecular weight excluding hydrogens is 338 g/mol. The van der Waals surface area contributed by atoms with Gasteiger partial charge in [0.15, 0.2) is 5.57 Å². The molecule has 1 N–H and O–H groups in total. The minimum absolute atomic E-state index is 0.175. The zero-order chi connectivity index (χ0) is 15.8. The maximum absolute atomic E-state index is 11.8. The van der Waals surface area contributed by atoms with E-state index in [1.807, 2.05) is 25.1 Å². The second kappa shape index (κ2) is 8.46. The highest BCUT2D eigenvalue weighted by Gasteiger charge is 2.21. The zero-order valence-corrected chi connectivity index (χ0v) is 13.8. The van der Waals surface area contributed by atoms with Crippen molar-refractivity contribution in [2.45, 2.75) is 20.8 Å². The number of nitrogens with one attached hydrogen (secondary N) is 1. The summed E-state index contributed by atoms with van der Waals surface area (Å²) in [4.78, 5) is 23.6. The van der Waals surface area contributed by atoms with E-state index in [1.165, 1.54) is 6.20 Å². The number of hydrogen-bond donors (Lipinski definition) is 1. The minimum atomic E-state index is -0.716. The maximum Gasteiger partial charge on any atom is 0.347 e. The van der Waals surface area contributed by atoms with Crippen molar-refractivity contribution in [2.75, 3.05) is 18.5 Å². The third-order valence-corrected chi connectivity index (χ3v) is 3.14. The van der Waals surface area contributed by atoms with Gasteiger partial charge in [-0.25, -0.2) is 9.59 Å². The Hall–Kier alpha value is -1.82. The molecule has 0 spiro atoms. The Morgan fingerprint density at radius 1 is 1.19 bits per heavy atom. The average molecular weight is 356 g/mol. The molecule has 0 saturated heterocycles. The van der Waals surface area contributed by atoms with E-state index in [4.69, 9.17) is 9.47 Å². The van der Waals surface area contributed by atoms with Crippen LogP contribution < -0.4 is 5.32 Å². The molecule has 1 aromatic carbocycles. The molecule has 0 aromatic heterocycles. The lowest BCUT2D eigenvalue weighted by Gasteiger charge is -2.09. The van der Waals surface area contributed by atoms with Crippen molar-refractivity contribution in [3.63, 3.8) is 0 Å². The lowest BCUT2D eigenvalue weighted by atomic mass is 10.2. The van der Waals surface area contributed by atoms with Gasteiger partial charge < -0.3 is 14.8 Å². The summed E-state index contributed by atoms with van der Waals surface area (Å²) in [6.45, 7) is 5.68. The summed E-state index contributed by atoms with van der Waals surface area (Å²) < 4.78 is 10.5. The first-order chi connectivity index (χ1) is 9.99. The van der Waals surface area contributed by atoms with E-state index in [0.29, 0.717) is 0 Å². The van der Waals surface area contributed by atoms with Gasteiger partial charge >= 0.3 is 11.9 Å². The van der Waals surface area contributed by atoms with Crippen LogP contribution in [0, 0.1) is 6.92 Å². The van der Waals surface area contributed by atoms with Crippen molar-refractivity contribution in [1.29, 1.82) is 0 Å². The van der Waals surface area contributed by atoms with Crippen molar-refractivity contribution < 1.29 is 19.1 Å². The molecule has 114 valence electrons. The van der Waals surface area contributed by atoms with Gasteiger partial charge in [-0.1, -0.05) is 6.07 Å². The number of benzene rings is 1. The quantitative estimate of drug-likeness (QED) is 0.367. The number of carbonyl (C=O) groups is 2. The molecule has 0 aliphatic carbocycles. The standard InChI is InChI=1S/C15H18BrNO4/c1-4-20-14(18)11(15(19)21-5-2)9-17-13-7-6-10(3)8-12(13)16/h6-9,17H,4-5H2,1-3H3. The van der Waals surface area contributed by atoms with Crippen molar-refractivity contribution in [2.24, 2.45) is 0 Å². The van der Waals surface area contributed by atoms with Gasteiger partial charge in [0.2, 0.25) is 0 Å². The van der Waals surface area contributed by atoms with E-state index in [2.05, 4.69) is 21.2 Å². The molecule has 0 amide bonds. The number of rotatable bonds is 6. The van der Waals surface area contributed by atoms with E-state index in [-0.39, 0.29) is 18.8 Å². The van der Waals surface area contributed by atoms with E-state index in [1.54, 1.807) is 13.8 Å². The van der Waals surface area contributed by atoms with Gasteiger partial charge in [-0.15, -0.1) is 0 Å². The second-order valence-electron chi connectivity index (χ2n) is 4.13. The molecule has 0 aliphatic heterocycles. The molecule has 0 radical (unpaired) electrons. The summed E-state index contributed by atoms with van der Waals surface area (Å²) >= 11 is 3.41. The topological polar surface area (TPSA) is 64.6 Å². The van der Waals surface area contributed by atoms with Crippen LogP contribution in [0.1, 0.15) is 19.4 Å². The van der Waals surface area contributed by atoms with Gasteiger partial charge in [0.05, 0.1) is 18.9 Å². The van der Waals surface area contributed by atoms with Crippen molar-refractivity contribution in [3.8, 4) is 0 Å². The molecule has 0 aliphatic rings. The second-order valence-corrected chi connectivity index (χ2v) is 4.98. The number of carbonyl (C=O) groups excluding carboxylic acids is 2. The molecule has 1 aromatic rings. The Morgan fingerprint density at radius 2 is 1.76 bits per heavy atom. The molecule has 0 saturated carbocycles. The van der Waals surface area contributed by atoms with Crippen LogP contribution in [0.3, 0.4) is 0 Å². The van der Waals surface area contributed by atoms with E-state index in [0.717, 1.165) is 15.7 Å². The van der Waals surface area contributed by atoms with Gasteiger partial charge in [0.1, 0.15) is 0 Å². The fraction of sp³-hybridized carbons (Fsp3) is 0.333. The van der Waals surface area contributed by atoms with Gasteiger partial charge in [-0.2, -0.15) is 0 Å². The van der Waals surface area contributed by atoms with Crippen molar-refractivity contribution in [3.05, 3.63) is 40.0 Å². The summed E-state index contributed by atoms with van der Waals surface area (Å²) in [6, 6.07) is 5.67. The number of halogens is 1. The van der Waals surface area contributed by atoms with E-state index in [9.17, 15) is 9.59 Å². The lowest BCUT2D eigenvalue weighted by molar-refractivity contribution is -0.146. The maximum atomic E-state index is 11.8. The molecule has 0 atom stereocenters. The predicted molar refractivity (Wildman–Crippen MR) is 83.9 cm³/mol. The fourth-order valence-electron chi connectivity index (χ4n) is 1.51. The van der Waals surface area contributed by atoms with Crippen LogP contribution in [0.15, 0.2) is 34.4 Å². The molecule has 5 nitrogen and oxygen atoms in total. The largest absolute Gasteiger partial charge is 0.462 e. The molecule has 0 fully saturated rings. The number of aryl methyl sites for hydroxylation is 1. The van der Waals surface area contributed by atoms with Crippen molar-refractivity contribution >= 4 is 33.6 Å². The third-order valence-electron chi connectivity index (χ3n) is 2.49. The first-order valence-corrected chi connectivity index (χ1v) is 7.36. The van der Waals surface area contributed by atoms with Crippen LogP contribution in [-0.4, -0.2) is 25.2 Å². The van der Waals surface area contributed by atoms with Crippen LogP contribution in [0.4, 0.5) is 5.69 Å². The molecule has 0 bridgehead atoms. The number of hydrogen-bond acceptors (Lipinski definition) is 5. The first-order valence-electron chi connectivity index (χ1n) is 6.56. The smallest absolute Gasteiger partial charge is 0.347 e. The SMILES string of the molecule is CCOC(=O)C(=CNc1ccc(C)cc1Br)C(=O)OCC. The normalized spacial score (nSPS) is 9.71. The van der Waals surface area contributed by atoms with Gasteiger partial charge in [-0.3, -0.25) is 0 Å². The average Bonchev–Trinajstić information content (AvgIpc) is 2.41. The summed E-state index contributed by atoms with van der Waals surface area (Å²) in [6.07, 6.45) is 1.30. The Morgan fingerprint density at radius 3 is 2.24 bits per heavy atom. The number of ether oxygens (including phenoxy) is 2. The highest BCUT2D eigenvalue weighted by Crippen LogP contribution is 2.23. The molecule has 6 heteroatoms. The highest BCUT2D eigenvalue weighted by molar-refractivity contribution is 9.10. The molecule has 0 heterocycles. The first kappa shape index (κ1) is 17.2. The third kappa shape index (κ3) is 5.23. The molecule has 1 rings (SSSR count). The summed E-state index contributed by atoms with van der Waals surface area (Å²) in [7, 11) is 0.